The Labute approximate surface area is 148 Å². The summed E-state index contributed by atoms with van der Waals surface area (Å²) in [5.41, 5.74) is -0.256. The molecule has 0 aromatic heterocycles. The number of rotatable bonds is 0. The van der Waals surface area contributed by atoms with Gasteiger partial charge in [-0.1, -0.05) is 19.9 Å². The van der Waals surface area contributed by atoms with E-state index in [0.717, 1.165) is 23.7 Å². The van der Waals surface area contributed by atoms with E-state index in [2.05, 4.69) is 42.8 Å². The first-order valence-electron chi connectivity index (χ1n) is 9.33. The van der Waals surface area contributed by atoms with Gasteiger partial charge in [0.1, 0.15) is 0 Å². The summed E-state index contributed by atoms with van der Waals surface area (Å²) in [6.07, 6.45) is 9.87. The van der Waals surface area contributed by atoms with E-state index in [4.69, 9.17) is 0 Å². The topological polar surface area (TPSA) is 37.3 Å². The van der Waals surface area contributed by atoms with E-state index in [-0.39, 0.29) is 16.6 Å². The monoisotopic (exact) mass is 380 g/mol. The van der Waals surface area contributed by atoms with Crippen LogP contribution in [-0.4, -0.2) is 16.5 Å². The first kappa shape index (κ1) is 16.3. The van der Waals surface area contributed by atoms with Crippen LogP contribution in [0.1, 0.15) is 65.7 Å². The van der Waals surface area contributed by atoms with Gasteiger partial charge in [0.2, 0.25) is 0 Å². The Morgan fingerprint density at radius 3 is 2.52 bits per heavy atom. The summed E-state index contributed by atoms with van der Waals surface area (Å²) in [4.78, 5) is 12.1. The van der Waals surface area contributed by atoms with E-state index >= 15 is 0 Å². The van der Waals surface area contributed by atoms with Gasteiger partial charge in [0, 0.05) is 6.42 Å². The number of allylic oxidation sites excluding steroid dienone is 2. The van der Waals surface area contributed by atoms with E-state index in [1.807, 2.05) is 0 Å². The molecule has 0 radical (unpaired) electrons. The molecule has 3 saturated carbocycles. The molecule has 3 heteroatoms. The van der Waals surface area contributed by atoms with Crippen molar-refractivity contribution in [1.29, 1.82) is 0 Å². The minimum absolute atomic E-state index is 0.0861. The summed E-state index contributed by atoms with van der Waals surface area (Å²) in [5.74, 6) is 2.85. The lowest BCUT2D eigenvalue weighted by Crippen LogP contribution is -2.55. The molecule has 0 spiro atoms. The van der Waals surface area contributed by atoms with Crippen LogP contribution in [0.3, 0.4) is 0 Å². The lowest BCUT2D eigenvalue weighted by Gasteiger charge is -2.59. The number of Topliss-reactive ketones (excluding diaryl/α,β-unsaturated/α-hetero) is 1. The average molecular weight is 381 g/mol. The maximum atomic E-state index is 12.1. The van der Waals surface area contributed by atoms with Gasteiger partial charge in [-0.05, 0) is 95.9 Å². The smallest absolute Gasteiger partial charge is 0.169 e. The molecular formula is C20H29BrO2. The Hall–Kier alpha value is -0.150. The normalized spacial score (nSPS) is 55.7. The van der Waals surface area contributed by atoms with Crippen LogP contribution < -0.4 is 0 Å². The molecule has 1 N–H and O–H groups in total. The molecule has 7 atom stereocenters. The van der Waals surface area contributed by atoms with Gasteiger partial charge in [-0.2, -0.15) is 0 Å². The minimum Gasteiger partial charge on any atom is -0.390 e. The maximum Gasteiger partial charge on any atom is 0.169 e. The predicted octanol–water partition coefficient (Wildman–Crippen LogP) is 4.85. The van der Waals surface area contributed by atoms with E-state index in [1.54, 1.807) is 0 Å². The Kier molecular flexibility index (Phi) is 3.51. The van der Waals surface area contributed by atoms with Crippen molar-refractivity contribution in [3.63, 3.8) is 0 Å². The zero-order chi connectivity index (χ0) is 16.6. The van der Waals surface area contributed by atoms with Crippen molar-refractivity contribution < 1.29 is 9.90 Å². The maximum absolute atomic E-state index is 12.1. The van der Waals surface area contributed by atoms with E-state index in [9.17, 15) is 9.90 Å². The molecule has 0 amide bonds. The van der Waals surface area contributed by atoms with Crippen molar-refractivity contribution in [3.05, 3.63) is 10.6 Å². The minimum atomic E-state index is -0.501. The standard InChI is InChI=1S/C20H29BrO2/c1-18-11-16(21)17(22)10-12(18)4-5-13-14(18)6-8-19(2)15(13)7-9-20(19,3)23/h11-15,23H,4-10H2,1-3H3/t12-,13+,14-,15-,18-,19-,20-/m0/s1. The third kappa shape index (κ3) is 2.05. The van der Waals surface area contributed by atoms with Crippen LogP contribution in [0.4, 0.5) is 0 Å². The fourth-order valence-electron chi connectivity index (χ4n) is 6.93. The molecule has 4 aliphatic carbocycles. The second-order valence-corrected chi connectivity index (χ2v) is 10.3. The molecule has 0 heterocycles. The lowest BCUT2D eigenvalue weighted by molar-refractivity contribution is -0.135. The van der Waals surface area contributed by atoms with Crippen LogP contribution in [0.2, 0.25) is 0 Å². The zero-order valence-corrected chi connectivity index (χ0v) is 16.2. The number of carbonyl (C=O) groups excluding carboxylic acids is 1. The number of carbonyl (C=O) groups is 1. The van der Waals surface area contributed by atoms with Crippen LogP contribution in [0.15, 0.2) is 10.6 Å². The third-order valence-corrected chi connectivity index (χ3v) is 9.33. The first-order valence-corrected chi connectivity index (χ1v) is 10.1. The number of aliphatic hydroxyl groups is 1. The van der Waals surface area contributed by atoms with Crippen molar-refractivity contribution in [1.82, 2.24) is 0 Å². The van der Waals surface area contributed by atoms with Crippen molar-refractivity contribution in [2.75, 3.05) is 0 Å². The predicted molar refractivity (Wildman–Crippen MR) is 95.1 cm³/mol. The molecule has 23 heavy (non-hydrogen) atoms. The van der Waals surface area contributed by atoms with Gasteiger partial charge in [0.05, 0.1) is 10.1 Å². The van der Waals surface area contributed by atoms with Crippen molar-refractivity contribution >= 4 is 21.7 Å². The van der Waals surface area contributed by atoms with Crippen LogP contribution in [0.25, 0.3) is 0 Å². The van der Waals surface area contributed by atoms with Crippen molar-refractivity contribution in [3.8, 4) is 0 Å². The number of halogens is 1. The summed E-state index contributed by atoms with van der Waals surface area (Å²) >= 11 is 3.52. The molecule has 0 aliphatic heterocycles. The number of hydrogen-bond acceptors (Lipinski definition) is 2. The van der Waals surface area contributed by atoms with Gasteiger partial charge in [0.25, 0.3) is 0 Å². The second kappa shape index (κ2) is 4.94. The molecule has 4 rings (SSSR count). The second-order valence-electron chi connectivity index (χ2n) is 9.41. The SMILES string of the molecule is C[C@]12C=C(Br)C(=O)C[C@@H]1CC[C@@H]1[C@@H]2CC[C@@]2(C)[C@H]1CC[C@]2(C)O. The summed E-state index contributed by atoms with van der Waals surface area (Å²) in [7, 11) is 0. The highest BCUT2D eigenvalue weighted by atomic mass is 79.9. The van der Waals surface area contributed by atoms with Gasteiger partial charge in [-0.25, -0.2) is 0 Å². The van der Waals surface area contributed by atoms with Gasteiger partial charge < -0.3 is 5.11 Å². The lowest BCUT2D eigenvalue weighted by atomic mass is 9.45. The number of fused-ring (bicyclic) bond motifs is 5. The van der Waals surface area contributed by atoms with Crippen LogP contribution in [0, 0.1) is 34.5 Å². The van der Waals surface area contributed by atoms with Crippen LogP contribution in [0.5, 0.6) is 0 Å². The summed E-state index contributed by atoms with van der Waals surface area (Å²) in [5, 5.41) is 10.9. The van der Waals surface area contributed by atoms with Crippen molar-refractivity contribution in [2.45, 2.75) is 71.3 Å². The van der Waals surface area contributed by atoms with E-state index < -0.39 is 5.60 Å². The van der Waals surface area contributed by atoms with Gasteiger partial charge >= 0.3 is 0 Å². The molecule has 0 unspecified atom stereocenters. The Morgan fingerprint density at radius 1 is 1.09 bits per heavy atom. The van der Waals surface area contributed by atoms with Gasteiger partial charge in [0.15, 0.2) is 5.78 Å². The Balaban J connectivity index is 1.71. The summed E-state index contributed by atoms with van der Waals surface area (Å²) in [6.45, 7) is 6.81. The molecule has 0 aromatic rings. The highest BCUT2D eigenvalue weighted by molar-refractivity contribution is 9.12. The molecule has 3 fully saturated rings. The Morgan fingerprint density at radius 2 is 1.78 bits per heavy atom. The quantitative estimate of drug-likeness (QED) is 0.652. The van der Waals surface area contributed by atoms with E-state index in [1.165, 1.54) is 25.7 Å². The fourth-order valence-corrected chi connectivity index (χ4v) is 7.59. The molecule has 128 valence electrons. The van der Waals surface area contributed by atoms with Crippen molar-refractivity contribution in [2.24, 2.45) is 34.5 Å². The van der Waals surface area contributed by atoms with Gasteiger partial charge in [-0.15, -0.1) is 0 Å². The van der Waals surface area contributed by atoms with E-state index in [0.29, 0.717) is 23.7 Å². The number of hydrogen-bond donors (Lipinski definition) is 1. The van der Waals surface area contributed by atoms with Crippen LogP contribution in [-0.2, 0) is 4.79 Å². The first-order chi connectivity index (χ1) is 10.7. The highest BCUT2D eigenvalue weighted by Crippen LogP contribution is 2.67. The van der Waals surface area contributed by atoms with Crippen LogP contribution >= 0.6 is 15.9 Å². The Bertz CT molecular complexity index is 580. The third-order valence-electron chi connectivity index (χ3n) is 8.66. The molecule has 2 nitrogen and oxygen atoms in total. The molecule has 0 bridgehead atoms. The number of ketones is 1. The molecule has 0 saturated heterocycles. The van der Waals surface area contributed by atoms with Gasteiger partial charge in [-0.3, -0.25) is 4.79 Å². The molecular weight excluding hydrogens is 352 g/mol. The summed E-state index contributed by atoms with van der Waals surface area (Å²) < 4.78 is 0.809. The molecule has 4 aliphatic rings. The largest absolute Gasteiger partial charge is 0.390 e. The molecule has 0 aromatic carbocycles. The average Bonchev–Trinajstić information content (AvgIpc) is 2.71. The fraction of sp³-hybridized carbons (Fsp3) is 0.850. The summed E-state index contributed by atoms with van der Waals surface area (Å²) in [6, 6.07) is 0. The zero-order valence-electron chi connectivity index (χ0n) is 14.6. The highest BCUT2D eigenvalue weighted by Gasteiger charge is 2.62.